The Morgan fingerprint density at radius 2 is 1.84 bits per heavy atom. The molecule has 1 heterocycles. The van der Waals surface area contributed by atoms with Gasteiger partial charge in [-0.25, -0.2) is 14.2 Å². The molecule has 0 fully saturated rings. The highest BCUT2D eigenvalue weighted by atomic mass is 32.1. The molecule has 0 aliphatic heterocycles. The SMILES string of the molecule is COC(=O)c1ccc(/C=C/C(=O)Nc2nc(-c3ccc(NC(C)=O)cc3F)cs2)cc1. The molecule has 0 atom stereocenters. The quantitative estimate of drug-likeness (QED) is 0.440. The number of hydrogen-bond donors (Lipinski definition) is 2. The minimum Gasteiger partial charge on any atom is -0.465 e. The van der Waals surface area contributed by atoms with Gasteiger partial charge in [-0.1, -0.05) is 12.1 Å². The van der Waals surface area contributed by atoms with E-state index < -0.39 is 17.7 Å². The highest BCUT2D eigenvalue weighted by Gasteiger charge is 2.12. The molecular weight excluding hydrogens is 421 g/mol. The highest BCUT2D eigenvalue weighted by molar-refractivity contribution is 7.14. The molecule has 3 aromatic rings. The number of nitrogens with one attached hydrogen (secondary N) is 2. The van der Waals surface area contributed by atoms with Crippen molar-refractivity contribution < 1.29 is 23.5 Å². The number of rotatable bonds is 6. The molecule has 0 spiro atoms. The molecular formula is C22H18FN3O4S. The maximum absolute atomic E-state index is 14.4. The van der Waals surface area contributed by atoms with Crippen LogP contribution in [0.3, 0.4) is 0 Å². The van der Waals surface area contributed by atoms with Crippen LogP contribution in [0.1, 0.15) is 22.8 Å². The van der Waals surface area contributed by atoms with Gasteiger partial charge >= 0.3 is 5.97 Å². The van der Waals surface area contributed by atoms with Gasteiger partial charge in [0.2, 0.25) is 11.8 Å². The summed E-state index contributed by atoms with van der Waals surface area (Å²) in [6.07, 6.45) is 2.92. The molecule has 0 aliphatic rings. The number of aromatic nitrogens is 1. The number of amides is 2. The minimum absolute atomic E-state index is 0.257. The summed E-state index contributed by atoms with van der Waals surface area (Å²) in [6.45, 7) is 1.34. The Kier molecular flexibility index (Phi) is 6.88. The van der Waals surface area contributed by atoms with Crippen molar-refractivity contribution in [1.29, 1.82) is 0 Å². The van der Waals surface area contributed by atoms with Crippen molar-refractivity contribution in [2.24, 2.45) is 0 Å². The van der Waals surface area contributed by atoms with Gasteiger partial charge < -0.3 is 10.1 Å². The van der Waals surface area contributed by atoms with E-state index in [1.807, 2.05) is 0 Å². The molecule has 1 aromatic heterocycles. The Balaban J connectivity index is 1.64. The van der Waals surface area contributed by atoms with Crippen LogP contribution in [0, 0.1) is 5.82 Å². The molecule has 2 amide bonds. The van der Waals surface area contributed by atoms with Crippen molar-refractivity contribution in [3.05, 3.63) is 70.9 Å². The summed E-state index contributed by atoms with van der Waals surface area (Å²) in [5.74, 6) is -1.67. The van der Waals surface area contributed by atoms with Crippen LogP contribution in [0.25, 0.3) is 17.3 Å². The van der Waals surface area contributed by atoms with Crippen LogP contribution in [0.2, 0.25) is 0 Å². The first-order valence-electron chi connectivity index (χ1n) is 9.06. The number of anilines is 2. The number of benzene rings is 2. The molecule has 2 aromatic carbocycles. The van der Waals surface area contributed by atoms with Gasteiger partial charge in [-0.05, 0) is 42.0 Å². The molecule has 7 nitrogen and oxygen atoms in total. The first kappa shape index (κ1) is 21.8. The first-order chi connectivity index (χ1) is 14.9. The maximum atomic E-state index is 14.4. The zero-order chi connectivity index (χ0) is 22.4. The summed E-state index contributed by atoms with van der Waals surface area (Å²) in [7, 11) is 1.31. The number of thiazole rings is 1. The molecule has 0 saturated carbocycles. The van der Waals surface area contributed by atoms with Crippen molar-refractivity contribution in [3.63, 3.8) is 0 Å². The van der Waals surface area contributed by atoms with E-state index in [2.05, 4.69) is 20.4 Å². The summed E-state index contributed by atoms with van der Waals surface area (Å²) in [5, 5.41) is 7.08. The van der Waals surface area contributed by atoms with Crippen molar-refractivity contribution in [1.82, 2.24) is 4.98 Å². The third-order valence-electron chi connectivity index (χ3n) is 4.06. The number of methoxy groups -OCH3 is 1. The maximum Gasteiger partial charge on any atom is 0.337 e. The van der Waals surface area contributed by atoms with Crippen molar-refractivity contribution >= 4 is 46.0 Å². The van der Waals surface area contributed by atoms with Crippen LogP contribution in [0.5, 0.6) is 0 Å². The van der Waals surface area contributed by atoms with E-state index in [1.165, 1.54) is 32.2 Å². The first-order valence-corrected chi connectivity index (χ1v) is 9.94. The molecule has 3 rings (SSSR count). The van der Waals surface area contributed by atoms with E-state index in [4.69, 9.17) is 0 Å². The molecule has 158 valence electrons. The second kappa shape index (κ2) is 9.77. The fourth-order valence-electron chi connectivity index (χ4n) is 2.63. The van der Waals surface area contributed by atoms with Crippen molar-refractivity contribution in [2.75, 3.05) is 17.7 Å². The normalized spacial score (nSPS) is 10.7. The van der Waals surface area contributed by atoms with Gasteiger partial charge in [0.25, 0.3) is 0 Å². The van der Waals surface area contributed by atoms with Gasteiger partial charge in [0, 0.05) is 29.6 Å². The highest BCUT2D eigenvalue weighted by Crippen LogP contribution is 2.28. The second-order valence-electron chi connectivity index (χ2n) is 6.35. The minimum atomic E-state index is -0.537. The molecule has 0 radical (unpaired) electrons. The van der Waals surface area contributed by atoms with E-state index >= 15 is 0 Å². The predicted molar refractivity (Wildman–Crippen MR) is 117 cm³/mol. The Morgan fingerprint density at radius 1 is 1.10 bits per heavy atom. The summed E-state index contributed by atoms with van der Waals surface area (Å²) in [5.41, 5.74) is 2.12. The molecule has 2 N–H and O–H groups in total. The second-order valence-corrected chi connectivity index (χ2v) is 7.21. The lowest BCUT2D eigenvalue weighted by molar-refractivity contribution is -0.114. The van der Waals surface area contributed by atoms with Gasteiger partial charge in [-0.3, -0.25) is 14.9 Å². The average molecular weight is 439 g/mol. The lowest BCUT2D eigenvalue weighted by atomic mass is 10.1. The number of halogens is 1. The lowest BCUT2D eigenvalue weighted by Gasteiger charge is -2.04. The largest absolute Gasteiger partial charge is 0.465 e. The summed E-state index contributed by atoms with van der Waals surface area (Å²) >= 11 is 1.16. The van der Waals surface area contributed by atoms with Crippen LogP contribution in [0.4, 0.5) is 15.2 Å². The topological polar surface area (TPSA) is 97.4 Å². The fraction of sp³-hybridized carbons (Fsp3) is 0.0909. The smallest absolute Gasteiger partial charge is 0.337 e. The van der Waals surface area contributed by atoms with Crippen LogP contribution in [-0.4, -0.2) is 29.9 Å². The standard InChI is InChI=1S/C22H18FN3O4S/c1-13(27)24-16-8-9-17(18(23)11-16)19-12-31-22(25-19)26-20(28)10-5-14-3-6-15(7-4-14)21(29)30-2/h3-12H,1-2H3,(H,24,27)(H,25,26,28)/b10-5+. The molecule has 0 unspecified atom stereocenters. The van der Waals surface area contributed by atoms with Crippen LogP contribution in [-0.2, 0) is 14.3 Å². The third-order valence-corrected chi connectivity index (χ3v) is 4.82. The van der Waals surface area contributed by atoms with E-state index in [9.17, 15) is 18.8 Å². The number of esters is 1. The number of nitrogens with zero attached hydrogens (tertiary/aromatic N) is 1. The van der Waals surface area contributed by atoms with Crippen molar-refractivity contribution in [2.45, 2.75) is 6.92 Å². The molecule has 9 heteroatoms. The summed E-state index contributed by atoms with van der Waals surface area (Å²) < 4.78 is 19.0. The van der Waals surface area contributed by atoms with Gasteiger partial charge in [0.15, 0.2) is 5.13 Å². The van der Waals surface area contributed by atoms with Gasteiger partial charge in [-0.2, -0.15) is 0 Å². The van der Waals surface area contributed by atoms with Crippen LogP contribution >= 0.6 is 11.3 Å². The van der Waals surface area contributed by atoms with Gasteiger partial charge in [0.1, 0.15) is 5.82 Å². The summed E-state index contributed by atoms with van der Waals surface area (Å²) in [4.78, 5) is 38.9. The zero-order valence-electron chi connectivity index (χ0n) is 16.6. The number of hydrogen-bond acceptors (Lipinski definition) is 6. The van der Waals surface area contributed by atoms with E-state index in [0.29, 0.717) is 22.1 Å². The Bertz CT molecular complexity index is 1160. The van der Waals surface area contributed by atoms with E-state index in [-0.39, 0.29) is 11.5 Å². The predicted octanol–water partition coefficient (Wildman–Crippen LogP) is 4.35. The monoisotopic (exact) mass is 439 g/mol. The molecule has 0 aliphatic carbocycles. The van der Waals surface area contributed by atoms with Gasteiger partial charge in [-0.15, -0.1) is 11.3 Å². The molecule has 0 bridgehead atoms. The van der Waals surface area contributed by atoms with Crippen molar-refractivity contribution in [3.8, 4) is 11.3 Å². The Hall–Kier alpha value is -3.85. The van der Waals surface area contributed by atoms with Crippen LogP contribution < -0.4 is 10.6 Å². The lowest BCUT2D eigenvalue weighted by Crippen LogP contribution is -2.07. The average Bonchev–Trinajstić information content (AvgIpc) is 3.19. The molecule has 31 heavy (non-hydrogen) atoms. The van der Waals surface area contributed by atoms with E-state index in [0.717, 1.165) is 16.9 Å². The van der Waals surface area contributed by atoms with E-state index in [1.54, 1.807) is 41.8 Å². The number of ether oxygens (including phenoxy) is 1. The zero-order valence-corrected chi connectivity index (χ0v) is 17.5. The number of carbonyl (C=O) groups excluding carboxylic acids is 3. The third kappa shape index (κ3) is 5.83. The Labute approximate surface area is 181 Å². The Morgan fingerprint density at radius 3 is 2.48 bits per heavy atom. The summed E-state index contributed by atoms with van der Waals surface area (Å²) in [6, 6.07) is 10.9. The molecule has 0 saturated heterocycles. The van der Waals surface area contributed by atoms with Gasteiger partial charge in [0.05, 0.1) is 18.4 Å². The van der Waals surface area contributed by atoms with Crippen LogP contribution in [0.15, 0.2) is 53.9 Å². The number of carbonyl (C=O) groups is 3. The fourth-order valence-corrected chi connectivity index (χ4v) is 3.34.